The predicted octanol–water partition coefficient (Wildman–Crippen LogP) is 2.24. The van der Waals surface area contributed by atoms with Crippen LogP contribution in [0.3, 0.4) is 0 Å². The summed E-state index contributed by atoms with van der Waals surface area (Å²) in [6.45, 7) is 2.67. The van der Waals surface area contributed by atoms with Gasteiger partial charge in [0, 0.05) is 11.9 Å². The molecule has 1 atom stereocenters. The van der Waals surface area contributed by atoms with E-state index < -0.39 is 0 Å². The van der Waals surface area contributed by atoms with E-state index in [9.17, 15) is 9.90 Å². The lowest BCUT2D eigenvalue weighted by atomic mass is 10.2. The second-order valence-electron chi connectivity index (χ2n) is 5.30. The molecular weight excluding hydrogens is 288 g/mol. The maximum atomic E-state index is 12.3. The number of aliphatic hydroxyl groups is 1. The molecule has 2 aromatic heterocycles. The molecule has 112 valence electrons. The minimum absolute atomic E-state index is 0.0247. The monoisotopic (exact) mass is 306 g/mol. The van der Waals surface area contributed by atoms with Crippen LogP contribution in [-0.4, -0.2) is 40.1 Å². The number of carbonyl (C=O) groups excluding carboxylic acids is 1. The minimum Gasteiger partial charge on any atom is -0.459 e. The van der Waals surface area contributed by atoms with E-state index in [0.29, 0.717) is 0 Å². The second-order valence-corrected chi connectivity index (χ2v) is 6.15. The summed E-state index contributed by atoms with van der Waals surface area (Å²) in [6, 6.07) is 3.77. The van der Waals surface area contributed by atoms with Crippen molar-refractivity contribution in [3.63, 3.8) is 0 Å². The normalized spacial score (nSPS) is 18.4. The fourth-order valence-corrected chi connectivity index (χ4v) is 3.44. The van der Waals surface area contributed by atoms with Crippen molar-refractivity contribution >= 4 is 17.2 Å². The fourth-order valence-electron chi connectivity index (χ4n) is 2.66. The van der Waals surface area contributed by atoms with E-state index in [1.54, 1.807) is 4.90 Å². The summed E-state index contributed by atoms with van der Waals surface area (Å²) in [7, 11) is 0. The lowest BCUT2D eigenvalue weighted by Gasteiger charge is -2.22. The third kappa shape index (κ3) is 3.01. The molecule has 1 amide bonds. The van der Waals surface area contributed by atoms with Gasteiger partial charge in [0.15, 0.2) is 10.8 Å². The molecule has 1 fully saturated rings. The summed E-state index contributed by atoms with van der Waals surface area (Å²) >= 11 is 1.48. The zero-order valence-electron chi connectivity index (χ0n) is 11.9. The van der Waals surface area contributed by atoms with Gasteiger partial charge in [-0.05, 0) is 31.9 Å². The van der Waals surface area contributed by atoms with Crippen molar-refractivity contribution < 1.29 is 14.3 Å². The third-order valence-electron chi connectivity index (χ3n) is 3.74. The molecule has 21 heavy (non-hydrogen) atoms. The molecular formula is C15H18N2O3S. The molecule has 0 unspecified atom stereocenters. The highest BCUT2D eigenvalue weighted by molar-refractivity contribution is 7.13. The Morgan fingerprint density at radius 1 is 1.57 bits per heavy atom. The molecule has 6 heteroatoms. The van der Waals surface area contributed by atoms with Crippen molar-refractivity contribution in [2.24, 2.45) is 0 Å². The van der Waals surface area contributed by atoms with Crippen LogP contribution in [0.1, 0.15) is 24.3 Å². The van der Waals surface area contributed by atoms with Gasteiger partial charge in [-0.1, -0.05) is 0 Å². The van der Waals surface area contributed by atoms with Crippen LogP contribution in [0.25, 0.3) is 10.8 Å². The molecule has 3 rings (SSSR count). The van der Waals surface area contributed by atoms with Gasteiger partial charge in [0.05, 0.1) is 24.8 Å². The SMILES string of the molecule is Cc1ccc(-c2nc(CC(=O)N3CCC[C@@H]3CO)cs2)o1. The van der Waals surface area contributed by atoms with Crippen molar-refractivity contribution in [1.82, 2.24) is 9.88 Å². The Kier molecular flexibility index (Phi) is 4.07. The van der Waals surface area contributed by atoms with E-state index in [-0.39, 0.29) is 25.0 Å². The fraction of sp³-hybridized carbons (Fsp3) is 0.467. The van der Waals surface area contributed by atoms with Crippen LogP contribution in [0.2, 0.25) is 0 Å². The molecule has 1 aliphatic rings. The predicted molar refractivity (Wildman–Crippen MR) is 80.1 cm³/mol. The van der Waals surface area contributed by atoms with Gasteiger partial charge in [0.2, 0.25) is 5.91 Å². The lowest BCUT2D eigenvalue weighted by molar-refractivity contribution is -0.132. The quantitative estimate of drug-likeness (QED) is 0.940. The number of aryl methyl sites for hydroxylation is 1. The van der Waals surface area contributed by atoms with Gasteiger partial charge in [-0.2, -0.15) is 0 Å². The molecule has 0 spiro atoms. The number of hydrogen-bond acceptors (Lipinski definition) is 5. The molecule has 0 bridgehead atoms. The van der Waals surface area contributed by atoms with Gasteiger partial charge in [0.25, 0.3) is 0 Å². The van der Waals surface area contributed by atoms with Crippen molar-refractivity contribution in [2.45, 2.75) is 32.2 Å². The lowest BCUT2D eigenvalue weighted by Crippen LogP contribution is -2.38. The van der Waals surface area contributed by atoms with Crippen LogP contribution in [0, 0.1) is 6.92 Å². The largest absolute Gasteiger partial charge is 0.459 e. The average molecular weight is 306 g/mol. The molecule has 1 aliphatic heterocycles. The van der Waals surface area contributed by atoms with E-state index in [0.717, 1.165) is 41.6 Å². The number of hydrogen-bond donors (Lipinski definition) is 1. The standard InChI is InChI=1S/C15H18N2O3S/c1-10-4-5-13(20-10)15-16-11(9-21-15)7-14(19)17-6-2-3-12(17)8-18/h4-5,9,12,18H,2-3,6-8H2,1H3/t12-/m1/s1. The van der Waals surface area contributed by atoms with Crippen LogP contribution < -0.4 is 0 Å². The number of rotatable bonds is 4. The highest BCUT2D eigenvalue weighted by Crippen LogP contribution is 2.26. The number of aromatic nitrogens is 1. The van der Waals surface area contributed by atoms with E-state index in [4.69, 9.17) is 4.42 Å². The molecule has 5 nitrogen and oxygen atoms in total. The molecule has 3 heterocycles. The van der Waals surface area contributed by atoms with E-state index in [1.165, 1.54) is 11.3 Å². The Bertz CT molecular complexity index is 634. The Labute approximate surface area is 127 Å². The summed E-state index contributed by atoms with van der Waals surface area (Å²) in [5.74, 6) is 1.63. The molecule has 1 saturated heterocycles. The Morgan fingerprint density at radius 2 is 2.43 bits per heavy atom. The number of aliphatic hydroxyl groups excluding tert-OH is 1. The first-order chi connectivity index (χ1) is 10.2. The van der Waals surface area contributed by atoms with Crippen molar-refractivity contribution in [2.75, 3.05) is 13.2 Å². The van der Waals surface area contributed by atoms with E-state index >= 15 is 0 Å². The molecule has 0 aliphatic carbocycles. The molecule has 0 aromatic carbocycles. The molecule has 1 N–H and O–H groups in total. The van der Waals surface area contributed by atoms with Gasteiger partial charge >= 0.3 is 0 Å². The maximum Gasteiger partial charge on any atom is 0.228 e. The smallest absolute Gasteiger partial charge is 0.228 e. The van der Waals surface area contributed by atoms with Crippen LogP contribution in [0.4, 0.5) is 0 Å². The van der Waals surface area contributed by atoms with Gasteiger partial charge in [-0.25, -0.2) is 4.98 Å². The Morgan fingerprint density at radius 3 is 3.14 bits per heavy atom. The number of carbonyl (C=O) groups is 1. The van der Waals surface area contributed by atoms with E-state index in [1.807, 2.05) is 24.4 Å². The van der Waals surface area contributed by atoms with Crippen molar-refractivity contribution in [3.8, 4) is 10.8 Å². The first kappa shape index (κ1) is 14.3. The van der Waals surface area contributed by atoms with Gasteiger partial charge in [-0.3, -0.25) is 4.79 Å². The van der Waals surface area contributed by atoms with Crippen molar-refractivity contribution in [3.05, 3.63) is 29.0 Å². The first-order valence-corrected chi connectivity index (χ1v) is 7.97. The Balaban J connectivity index is 1.68. The number of furan rings is 1. The zero-order valence-corrected chi connectivity index (χ0v) is 12.7. The van der Waals surface area contributed by atoms with Crippen LogP contribution in [0.15, 0.2) is 21.9 Å². The van der Waals surface area contributed by atoms with Crippen LogP contribution in [-0.2, 0) is 11.2 Å². The first-order valence-electron chi connectivity index (χ1n) is 7.09. The summed E-state index contributed by atoms with van der Waals surface area (Å²) in [4.78, 5) is 18.5. The zero-order chi connectivity index (χ0) is 14.8. The summed E-state index contributed by atoms with van der Waals surface area (Å²) in [5.41, 5.74) is 0.762. The highest BCUT2D eigenvalue weighted by atomic mass is 32.1. The Hall–Kier alpha value is -1.66. The topological polar surface area (TPSA) is 66.6 Å². The number of thiazole rings is 1. The number of nitrogens with zero attached hydrogens (tertiary/aromatic N) is 2. The highest BCUT2D eigenvalue weighted by Gasteiger charge is 2.28. The molecule has 0 saturated carbocycles. The maximum absolute atomic E-state index is 12.3. The van der Waals surface area contributed by atoms with Gasteiger partial charge in [-0.15, -0.1) is 11.3 Å². The second kappa shape index (κ2) is 5.99. The summed E-state index contributed by atoms with van der Waals surface area (Å²) in [5, 5.41) is 12.0. The number of amides is 1. The van der Waals surface area contributed by atoms with Crippen LogP contribution >= 0.6 is 11.3 Å². The van der Waals surface area contributed by atoms with Crippen LogP contribution in [0.5, 0.6) is 0 Å². The summed E-state index contributed by atoms with van der Waals surface area (Å²) < 4.78 is 5.54. The van der Waals surface area contributed by atoms with E-state index in [2.05, 4.69) is 4.98 Å². The summed E-state index contributed by atoms with van der Waals surface area (Å²) in [6.07, 6.45) is 2.13. The average Bonchev–Trinajstić information content (AvgIpc) is 3.17. The third-order valence-corrected chi connectivity index (χ3v) is 4.65. The van der Waals surface area contributed by atoms with Gasteiger partial charge < -0.3 is 14.4 Å². The number of likely N-dealkylation sites (tertiary alicyclic amines) is 1. The van der Waals surface area contributed by atoms with Crippen molar-refractivity contribution in [1.29, 1.82) is 0 Å². The van der Waals surface area contributed by atoms with Gasteiger partial charge in [0.1, 0.15) is 5.76 Å². The molecule has 0 radical (unpaired) electrons. The minimum atomic E-state index is -0.0247. The molecule has 2 aromatic rings.